The van der Waals surface area contributed by atoms with Gasteiger partial charge < -0.3 is 9.30 Å². The Labute approximate surface area is 181 Å². The third-order valence-corrected chi connectivity index (χ3v) is 7.81. The molecule has 166 valence electrons. The van der Waals surface area contributed by atoms with Crippen LogP contribution >= 0.6 is 11.8 Å². The van der Waals surface area contributed by atoms with Gasteiger partial charge in [0.25, 0.3) is 0 Å². The van der Waals surface area contributed by atoms with Crippen molar-refractivity contribution >= 4 is 38.3 Å². The summed E-state index contributed by atoms with van der Waals surface area (Å²) in [6, 6.07) is 2.78. The van der Waals surface area contributed by atoms with Crippen LogP contribution in [-0.2, 0) is 27.7 Å². The minimum absolute atomic E-state index is 0.139. The molecule has 12 heteroatoms. The van der Waals surface area contributed by atoms with Gasteiger partial charge in [-0.3, -0.25) is 0 Å². The van der Waals surface area contributed by atoms with E-state index in [4.69, 9.17) is 4.74 Å². The van der Waals surface area contributed by atoms with E-state index in [1.54, 1.807) is 17.7 Å². The first kappa shape index (κ1) is 22.0. The number of aryl methyl sites for hydroxylation is 1. The molecule has 1 saturated heterocycles. The monoisotopic (exact) mass is 471 g/mol. The molecule has 1 fully saturated rings. The summed E-state index contributed by atoms with van der Waals surface area (Å²) in [5.41, 5.74) is 0.636. The number of rotatable bonds is 4. The Morgan fingerprint density at radius 2 is 1.97 bits per heavy atom. The van der Waals surface area contributed by atoms with Gasteiger partial charge in [0.15, 0.2) is 11.5 Å². The maximum Gasteiger partial charge on any atom is 0.417 e. The molecule has 0 radical (unpaired) electrons. The fraction of sp³-hybridized carbons (Fsp3) is 0.421. The number of nitrogens with zero attached hydrogens (tertiary/aromatic N) is 5. The lowest BCUT2D eigenvalue weighted by Gasteiger charge is -2.16. The van der Waals surface area contributed by atoms with E-state index in [1.807, 2.05) is 6.92 Å². The topological polar surface area (TPSA) is 82.3 Å². The van der Waals surface area contributed by atoms with E-state index in [0.717, 1.165) is 22.9 Å². The van der Waals surface area contributed by atoms with E-state index >= 15 is 0 Å². The number of aromatic nitrogens is 4. The van der Waals surface area contributed by atoms with Crippen molar-refractivity contribution in [1.29, 1.82) is 0 Å². The maximum atomic E-state index is 13.0. The number of pyridine rings is 2. The Bertz CT molecular complexity index is 1240. The van der Waals surface area contributed by atoms with E-state index in [9.17, 15) is 17.4 Å². The summed E-state index contributed by atoms with van der Waals surface area (Å²) in [7, 11) is -0.702. The predicted octanol–water partition coefficient (Wildman–Crippen LogP) is 4.29. The second-order valence-electron chi connectivity index (χ2n) is 6.92. The molecule has 0 saturated carbocycles. The van der Waals surface area contributed by atoms with Gasteiger partial charge in [-0.1, -0.05) is 6.92 Å². The second kappa shape index (κ2) is 8.40. The van der Waals surface area contributed by atoms with Gasteiger partial charge >= 0.3 is 6.18 Å². The molecule has 0 aliphatic carbocycles. The van der Waals surface area contributed by atoms with Crippen molar-refractivity contribution in [3.8, 4) is 11.5 Å². The molecule has 4 rings (SSSR count). The summed E-state index contributed by atoms with van der Waals surface area (Å²) in [4.78, 5) is 13.6. The molecular weight excluding hydrogens is 451 g/mol. The molecule has 0 unspecified atom stereocenters. The molecule has 0 bridgehead atoms. The molecule has 0 atom stereocenters. The number of thioether (sulfide) groups is 1. The van der Waals surface area contributed by atoms with Crippen molar-refractivity contribution in [2.45, 2.75) is 18.0 Å². The van der Waals surface area contributed by atoms with Gasteiger partial charge in [-0.05, 0) is 17.9 Å². The third kappa shape index (κ3) is 4.55. The number of fused-ring (bicyclic) bond motifs is 1. The average molecular weight is 472 g/mol. The van der Waals surface area contributed by atoms with E-state index < -0.39 is 21.5 Å². The van der Waals surface area contributed by atoms with Gasteiger partial charge in [0.05, 0.1) is 51.9 Å². The van der Waals surface area contributed by atoms with Crippen molar-refractivity contribution in [2.24, 2.45) is 11.4 Å². The summed E-state index contributed by atoms with van der Waals surface area (Å²) in [6.07, 6.45) is -2.18. The van der Waals surface area contributed by atoms with E-state index in [2.05, 4.69) is 19.3 Å². The van der Waals surface area contributed by atoms with Gasteiger partial charge in [0.1, 0.15) is 11.2 Å². The molecule has 4 heterocycles. The van der Waals surface area contributed by atoms with Gasteiger partial charge in [-0.25, -0.2) is 19.2 Å². The Morgan fingerprint density at radius 3 is 2.65 bits per heavy atom. The van der Waals surface area contributed by atoms with Crippen LogP contribution < -0.4 is 0 Å². The number of ether oxygens (including phenoxy) is 1. The van der Waals surface area contributed by atoms with Gasteiger partial charge in [-0.2, -0.15) is 17.5 Å². The van der Waals surface area contributed by atoms with E-state index in [0.29, 0.717) is 47.6 Å². The van der Waals surface area contributed by atoms with Crippen LogP contribution in [0.2, 0.25) is 0 Å². The highest BCUT2D eigenvalue weighted by atomic mass is 32.2. The van der Waals surface area contributed by atoms with Gasteiger partial charge in [0.2, 0.25) is 0 Å². The smallest absolute Gasteiger partial charge is 0.379 e. The van der Waals surface area contributed by atoms with Crippen LogP contribution in [0.25, 0.3) is 22.7 Å². The molecule has 1 aliphatic rings. The largest absolute Gasteiger partial charge is 0.417 e. The van der Waals surface area contributed by atoms with Crippen molar-refractivity contribution in [2.75, 3.05) is 30.5 Å². The van der Waals surface area contributed by atoms with Crippen molar-refractivity contribution < 1.29 is 22.1 Å². The lowest BCUT2D eigenvalue weighted by atomic mass is 10.2. The number of imidazole rings is 1. The highest BCUT2D eigenvalue weighted by Gasteiger charge is 2.32. The minimum Gasteiger partial charge on any atom is -0.379 e. The molecule has 31 heavy (non-hydrogen) atoms. The summed E-state index contributed by atoms with van der Waals surface area (Å²) >= 11 is 1.50. The van der Waals surface area contributed by atoms with Crippen LogP contribution in [0.15, 0.2) is 33.8 Å². The SMILES string of the molecule is CCSc1cc(N=S2(=O)CCOCC2)cnc1-c1nc2cc(C(F)(F)F)cnc2n1C. The number of hydrogen-bond acceptors (Lipinski definition) is 7. The zero-order chi connectivity index (χ0) is 22.2. The zero-order valence-electron chi connectivity index (χ0n) is 16.8. The molecular formula is C19H20F3N5O2S2. The summed E-state index contributed by atoms with van der Waals surface area (Å²) in [5.74, 6) is 1.90. The van der Waals surface area contributed by atoms with Crippen LogP contribution in [0.3, 0.4) is 0 Å². The Kier molecular flexibility index (Phi) is 5.97. The maximum absolute atomic E-state index is 13.0. The fourth-order valence-electron chi connectivity index (χ4n) is 3.23. The van der Waals surface area contributed by atoms with Crippen LogP contribution in [-0.4, -0.2) is 54.2 Å². The third-order valence-electron chi connectivity index (χ3n) is 4.75. The molecule has 1 aliphatic heterocycles. The first-order valence-corrected chi connectivity index (χ1v) is 12.4. The first-order chi connectivity index (χ1) is 14.7. The van der Waals surface area contributed by atoms with Crippen LogP contribution in [0, 0.1) is 0 Å². The number of alkyl halides is 3. The van der Waals surface area contributed by atoms with E-state index in [1.165, 1.54) is 18.0 Å². The van der Waals surface area contributed by atoms with Gasteiger partial charge in [-0.15, -0.1) is 11.8 Å². The summed E-state index contributed by atoms with van der Waals surface area (Å²) in [5, 5.41) is 0. The molecule has 0 spiro atoms. The van der Waals surface area contributed by atoms with Crippen molar-refractivity contribution in [3.05, 3.63) is 30.1 Å². The highest BCUT2D eigenvalue weighted by molar-refractivity contribution is 7.99. The second-order valence-corrected chi connectivity index (χ2v) is 10.8. The average Bonchev–Trinajstić information content (AvgIpc) is 3.04. The van der Waals surface area contributed by atoms with E-state index in [-0.39, 0.29) is 5.52 Å². The van der Waals surface area contributed by atoms with Crippen molar-refractivity contribution in [1.82, 2.24) is 19.5 Å². The number of hydrogen-bond donors (Lipinski definition) is 0. The first-order valence-electron chi connectivity index (χ1n) is 9.53. The lowest BCUT2D eigenvalue weighted by molar-refractivity contribution is -0.137. The molecule has 3 aromatic rings. The number of halogens is 3. The van der Waals surface area contributed by atoms with Crippen LogP contribution in [0.5, 0.6) is 0 Å². The standard InChI is InChI=1S/C19H20F3N5O2S2/c1-3-30-15-9-13(26-31(28)6-4-29-5-7-31)11-23-16(15)18-25-14-8-12(19(20,21)22)10-24-17(14)27(18)2/h8-11H,3-7H2,1-2H3. The molecule has 0 amide bonds. The van der Waals surface area contributed by atoms with Crippen molar-refractivity contribution in [3.63, 3.8) is 0 Å². The molecule has 7 nitrogen and oxygen atoms in total. The molecule has 3 aromatic heterocycles. The van der Waals surface area contributed by atoms with Gasteiger partial charge in [0, 0.05) is 18.1 Å². The quantitative estimate of drug-likeness (QED) is 0.528. The van der Waals surface area contributed by atoms with Crippen LogP contribution in [0.1, 0.15) is 12.5 Å². The zero-order valence-corrected chi connectivity index (χ0v) is 18.5. The summed E-state index contributed by atoms with van der Waals surface area (Å²) in [6.45, 7) is 2.80. The Balaban J connectivity index is 1.80. The minimum atomic E-state index is -4.50. The molecule has 0 N–H and O–H groups in total. The lowest BCUT2D eigenvalue weighted by Crippen LogP contribution is -2.25. The summed E-state index contributed by atoms with van der Waals surface area (Å²) < 4.78 is 63.3. The highest BCUT2D eigenvalue weighted by Crippen LogP contribution is 2.35. The molecule has 0 aromatic carbocycles. The van der Waals surface area contributed by atoms with Crippen LogP contribution in [0.4, 0.5) is 18.9 Å². The normalized spacial score (nSPS) is 16.5. The Hall–Kier alpha value is -2.18. The Morgan fingerprint density at radius 1 is 1.23 bits per heavy atom. The fourth-order valence-corrected chi connectivity index (χ4v) is 5.65. The predicted molar refractivity (Wildman–Crippen MR) is 114 cm³/mol.